The Morgan fingerprint density at radius 2 is 1.90 bits per heavy atom. The highest BCUT2D eigenvalue weighted by molar-refractivity contribution is 5.66. The molecule has 0 saturated carbocycles. The summed E-state index contributed by atoms with van der Waals surface area (Å²) in [5, 5.41) is 3.63. The summed E-state index contributed by atoms with van der Waals surface area (Å²) in [4.78, 5) is 20.2. The van der Waals surface area contributed by atoms with Gasteiger partial charge < -0.3 is 15.0 Å². The van der Waals surface area contributed by atoms with Gasteiger partial charge in [0.2, 0.25) is 0 Å². The van der Waals surface area contributed by atoms with Crippen molar-refractivity contribution in [2.75, 3.05) is 31.6 Å². The Labute approximate surface area is 183 Å². The van der Waals surface area contributed by atoms with E-state index in [0.29, 0.717) is 17.4 Å². The monoisotopic (exact) mass is 420 g/mol. The van der Waals surface area contributed by atoms with Crippen molar-refractivity contribution in [3.63, 3.8) is 0 Å². The lowest BCUT2D eigenvalue weighted by Crippen LogP contribution is -2.43. The number of nitrogens with one attached hydrogen (secondary N) is 1. The number of benzene rings is 1. The maximum absolute atomic E-state index is 13.0. The minimum absolute atomic E-state index is 0.0575. The molecule has 0 atom stereocenters. The van der Waals surface area contributed by atoms with Crippen LogP contribution in [0.2, 0.25) is 0 Å². The summed E-state index contributed by atoms with van der Waals surface area (Å²) in [6.07, 6.45) is 5.36. The fraction of sp³-hybridized carbons (Fsp3) is 0.440. The van der Waals surface area contributed by atoms with Crippen LogP contribution in [0.1, 0.15) is 37.3 Å². The molecule has 1 N–H and O–H groups in total. The molecule has 6 nitrogen and oxygen atoms in total. The first-order chi connectivity index (χ1) is 15.0. The van der Waals surface area contributed by atoms with Crippen molar-refractivity contribution in [3.05, 3.63) is 58.0 Å². The Morgan fingerprint density at radius 3 is 2.58 bits per heavy atom. The third kappa shape index (κ3) is 4.44. The molecule has 3 heterocycles. The van der Waals surface area contributed by atoms with E-state index in [1.54, 1.807) is 17.6 Å². The number of piperidine rings is 1. The Hall–Kier alpha value is -2.86. The van der Waals surface area contributed by atoms with Crippen molar-refractivity contribution in [1.29, 1.82) is 0 Å². The number of anilines is 1. The van der Waals surface area contributed by atoms with Crippen LogP contribution in [0.3, 0.4) is 0 Å². The van der Waals surface area contributed by atoms with E-state index in [-0.39, 0.29) is 5.56 Å². The highest BCUT2D eigenvalue weighted by atomic mass is 16.5. The molecular weight excluding hydrogens is 388 g/mol. The molecule has 4 rings (SSSR count). The zero-order valence-corrected chi connectivity index (χ0v) is 18.9. The largest absolute Gasteiger partial charge is 0.496 e. The molecule has 2 aromatic heterocycles. The number of methoxy groups -OCH3 is 1. The molecule has 1 saturated heterocycles. The number of ether oxygens (including phenoxy) is 1. The van der Waals surface area contributed by atoms with E-state index in [0.717, 1.165) is 67.0 Å². The molecule has 164 valence electrons. The molecule has 31 heavy (non-hydrogen) atoms. The normalized spacial score (nSPS) is 14.9. The topological polar surface area (TPSA) is 58.9 Å². The lowest BCUT2D eigenvalue weighted by Gasteiger charge is -2.34. The zero-order valence-electron chi connectivity index (χ0n) is 18.9. The predicted octanol–water partition coefficient (Wildman–Crippen LogP) is 3.96. The third-order valence-electron chi connectivity index (χ3n) is 6.16. The maximum Gasteiger partial charge on any atom is 0.258 e. The van der Waals surface area contributed by atoms with Crippen molar-refractivity contribution in [1.82, 2.24) is 14.7 Å². The average molecular weight is 421 g/mol. The van der Waals surface area contributed by atoms with Gasteiger partial charge in [-0.1, -0.05) is 6.92 Å². The van der Waals surface area contributed by atoms with Crippen molar-refractivity contribution in [2.24, 2.45) is 0 Å². The molecule has 0 bridgehead atoms. The number of hydrogen-bond donors (Lipinski definition) is 1. The van der Waals surface area contributed by atoms with Gasteiger partial charge in [-0.3, -0.25) is 9.20 Å². The molecule has 0 radical (unpaired) electrons. The molecule has 0 amide bonds. The Morgan fingerprint density at radius 1 is 1.13 bits per heavy atom. The fourth-order valence-corrected chi connectivity index (χ4v) is 4.40. The summed E-state index contributed by atoms with van der Waals surface area (Å²) < 4.78 is 7.04. The number of nitrogens with zero attached hydrogens (tertiary/aromatic N) is 3. The molecule has 1 aromatic carbocycles. The zero-order chi connectivity index (χ0) is 22.0. The quantitative estimate of drug-likeness (QED) is 0.654. The number of hydrogen-bond acceptors (Lipinski definition) is 5. The van der Waals surface area contributed by atoms with Gasteiger partial charge in [-0.05, 0) is 75.0 Å². The Balaban J connectivity index is 1.63. The van der Waals surface area contributed by atoms with Crippen LogP contribution >= 0.6 is 0 Å². The van der Waals surface area contributed by atoms with E-state index in [9.17, 15) is 4.79 Å². The van der Waals surface area contributed by atoms with Crippen molar-refractivity contribution in [3.8, 4) is 17.0 Å². The molecule has 3 aromatic rings. The maximum atomic E-state index is 13.0. The van der Waals surface area contributed by atoms with Gasteiger partial charge in [-0.25, -0.2) is 4.98 Å². The van der Waals surface area contributed by atoms with E-state index in [2.05, 4.69) is 23.2 Å². The van der Waals surface area contributed by atoms with Gasteiger partial charge in [-0.2, -0.15) is 0 Å². The summed E-state index contributed by atoms with van der Waals surface area (Å²) in [5.74, 6) is 0.829. The molecule has 0 aliphatic carbocycles. The summed E-state index contributed by atoms with van der Waals surface area (Å²) in [6, 6.07) is 10.3. The standard InChI is InChI=1S/C25H32N4O2/c1-5-10-26-20-8-11-28(12-9-20)21-14-18(3)25-27-22(15-24(30)29(25)16-21)19-6-7-23(31-4)17(2)13-19/h6-7,13-16,20,26H,5,8-12H2,1-4H3. The Bertz CT molecular complexity index is 1130. The summed E-state index contributed by atoms with van der Waals surface area (Å²) in [5.41, 5.74) is 5.38. The van der Waals surface area contributed by atoms with Crippen molar-refractivity contribution in [2.45, 2.75) is 46.1 Å². The van der Waals surface area contributed by atoms with Gasteiger partial charge >= 0.3 is 0 Å². The van der Waals surface area contributed by atoms with Crippen LogP contribution in [-0.4, -0.2) is 42.2 Å². The first kappa shape index (κ1) is 21.4. The molecule has 1 aliphatic heterocycles. The molecule has 1 fully saturated rings. The third-order valence-corrected chi connectivity index (χ3v) is 6.16. The van der Waals surface area contributed by atoms with Gasteiger partial charge in [0.1, 0.15) is 11.4 Å². The van der Waals surface area contributed by atoms with E-state index < -0.39 is 0 Å². The first-order valence-corrected chi connectivity index (χ1v) is 11.2. The highest BCUT2D eigenvalue weighted by Crippen LogP contribution is 2.26. The van der Waals surface area contributed by atoms with Crippen LogP contribution in [0.5, 0.6) is 5.75 Å². The number of aromatic nitrogens is 2. The van der Waals surface area contributed by atoms with Crippen LogP contribution in [0.25, 0.3) is 16.9 Å². The van der Waals surface area contributed by atoms with Gasteiger partial charge in [0.05, 0.1) is 18.5 Å². The number of rotatable bonds is 6. The second kappa shape index (κ2) is 9.10. The van der Waals surface area contributed by atoms with Gasteiger partial charge in [0.25, 0.3) is 5.56 Å². The number of fused-ring (bicyclic) bond motifs is 1. The minimum Gasteiger partial charge on any atom is -0.496 e. The second-order valence-corrected chi connectivity index (χ2v) is 8.45. The molecule has 1 aliphatic rings. The molecule has 6 heteroatoms. The van der Waals surface area contributed by atoms with Crippen LogP contribution in [-0.2, 0) is 0 Å². The fourth-order valence-electron chi connectivity index (χ4n) is 4.40. The van der Waals surface area contributed by atoms with E-state index in [4.69, 9.17) is 9.72 Å². The van der Waals surface area contributed by atoms with Crippen LogP contribution in [0, 0.1) is 13.8 Å². The SMILES string of the molecule is CCCNC1CCN(c2cc(C)c3nc(-c4ccc(OC)c(C)c4)cc(=O)n3c2)CC1. The molecule has 0 unspecified atom stereocenters. The van der Waals surface area contributed by atoms with E-state index in [1.807, 2.05) is 38.2 Å². The van der Waals surface area contributed by atoms with Gasteiger partial charge in [-0.15, -0.1) is 0 Å². The molecule has 0 spiro atoms. The lowest BCUT2D eigenvalue weighted by molar-refractivity contribution is 0.412. The van der Waals surface area contributed by atoms with Crippen LogP contribution < -0.4 is 20.5 Å². The number of aryl methyl sites for hydroxylation is 2. The summed E-state index contributed by atoms with van der Waals surface area (Å²) >= 11 is 0. The van der Waals surface area contributed by atoms with Gasteiger partial charge in [0, 0.05) is 37.0 Å². The smallest absolute Gasteiger partial charge is 0.258 e. The van der Waals surface area contributed by atoms with Crippen LogP contribution in [0.15, 0.2) is 41.3 Å². The minimum atomic E-state index is -0.0575. The van der Waals surface area contributed by atoms with Crippen molar-refractivity contribution >= 4 is 11.3 Å². The summed E-state index contributed by atoms with van der Waals surface area (Å²) in [7, 11) is 1.66. The first-order valence-electron chi connectivity index (χ1n) is 11.2. The number of pyridine rings is 1. The highest BCUT2D eigenvalue weighted by Gasteiger charge is 2.20. The van der Waals surface area contributed by atoms with Crippen LogP contribution in [0.4, 0.5) is 5.69 Å². The predicted molar refractivity (Wildman–Crippen MR) is 126 cm³/mol. The summed E-state index contributed by atoms with van der Waals surface area (Å²) in [6.45, 7) is 9.30. The van der Waals surface area contributed by atoms with E-state index >= 15 is 0 Å². The average Bonchev–Trinajstić information content (AvgIpc) is 2.78. The van der Waals surface area contributed by atoms with Crippen molar-refractivity contribution < 1.29 is 4.74 Å². The van der Waals surface area contributed by atoms with Gasteiger partial charge in [0.15, 0.2) is 0 Å². The lowest BCUT2D eigenvalue weighted by atomic mass is 10.0. The van der Waals surface area contributed by atoms with E-state index in [1.165, 1.54) is 0 Å². The molecular formula is C25H32N4O2. The Kier molecular flexibility index (Phi) is 6.28. The second-order valence-electron chi connectivity index (χ2n) is 8.45.